The van der Waals surface area contributed by atoms with Crippen LogP contribution in [0.15, 0.2) is 12.1 Å². The number of hydrogen-bond acceptors (Lipinski definition) is 6. The van der Waals surface area contributed by atoms with Crippen LogP contribution in [0.1, 0.15) is 24.2 Å². The molecular weight excluding hydrogens is 361 g/mol. The summed E-state index contributed by atoms with van der Waals surface area (Å²) >= 11 is 0. The van der Waals surface area contributed by atoms with E-state index in [0.717, 1.165) is 6.07 Å². The van der Waals surface area contributed by atoms with E-state index in [4.69, 9.17) is 5.73 Å². The molecule has 1 heterocycles. The summed E-state index contributed by atoms with van der Waals surface area (Å²) in [5.74, 6) is -3.04. The van der Waals surface area contributed by atoms with Crippen LogP contribution in [0.25, 0.3) is 0 Å². The molecule has 3 N–H and O–H groups in total. The van der Waals surface area contributed by atoms with Crippen LogP contribution >= 0.6 is 0 Å². The maximum Gasteiger partial charge on any atom is 0.312 e. The minimum absolute atomic E-state index is 0.0866. The number of benzene rings is 1. The molecule has 1 fully saturated rings. The summed E-state index contributed by atoms with van der Waals surface area (Å²) in [5.41, 5.74) is 4.24. The maximum absolute atomic E-state index is 13.6. The van der Waals surface area contributed by atoms with E-state index in [2.05, 4.69) is 5.32 Å². The number of halogens is 1. The fourth-order valence-corrected chi connectivity index (χ4v) is 2.68. The third kappa shape index (κ3) is 4.49. The molecule has 0 saturated carbocycles. The maximum atomic E-state index is 13.6. The van der Waals surface area contributed by atoms with Crippen LogP contribution in [-0.2, 0) is 9.59 Å². The molecule has 1 aliphatic heterocycles. The molecule has 11 heteroatoms. The number of carbonyl (C=O) groups excluding carboxylic acids is 3. The van der Waals surface area contributed by atoms with Gasteiger partial charge in [-0.3, -0.25) is 24.5 Å². The summed E-state index contributed by atoms with van der Waals surface area (Å²) in [5, 5.41) is 13.4. The number of nitrogens with two attached hydrogens (primary N) is 1. The first kappa shape index (κ1) is 20.1. The molecule has 2 rings (SSSR count). The predicted molar refractivity (Wildman–Crippen MR) is 93.2 cm³/mol. The fraction of sp³-hybridized carbons (Fsp3) is 0.438. The number of nitrogens with zero attached hydrogens (tertiary/aromatic N) is 3. The van der Waals surface area contributed by atoms with Crippen LogP contribution in [0.5, 0.6) is 0 Å². The van der Waals surface area contributed by atoms with Crippen LogP contribution in [0.2, 0.25) is 0 Å². The average molecular weight is 381 g/mol. The minimum Gasteiger partial charge on any atom is -0.393 e. The molecule has 10 nitrogen and oxygen atoms in total. The van der Waals surface area contributed by atoms with E-state index >= 15 is 0 Å². The lowest BCUT2D eigenvalue weighted by atomic mass is 10.1. The Hall–Kier alpha value is -3.24. The molecule has 27 heavy (non-hydrogen) atoms. The summed E-state index contributed by atoms with van der Waals surface area (Å²) in [6.07, 6.45) is 0. The SMILES string of the molecule is CC(C)NC(=O)C(=O)N1CCN(C(=O)c2cc(F)cc([N+](=O)[O-])c2N)CC1. The van der Waals surface area contributed by atoms with Gasteiger partial charge in [0.1, 0.15) is 11.5 Å². The van der Waals surface area contributed by atoms with Crippen molar-refractivity contribution in [1.29, 1.82) is 0 Å². The highest BCUT2D eigenvalue weighted by Gasteiger charge is 2.30. The van der Waals surface area contributed by atoms with Crippen LogP contribution in [0.3, 0.4) is 0 Å². The number of amides is 3. The molecule has 3 amide bonds. The Balaban J connectivity index is 2.09. The van der Waals surface area contributed by atoms with Gasteiger partial charge in [0.2, 0.25) is 0 Å². The Kier molecular flexibility index (Phi) is 5.93. The topological polar surface area (TPSA) is 139 Å². The van der Waals surface area contributed by atoms with Gasteiger partial charge in [0.25, 0.3) is 11.6 Å². The molecule has 1 aliphatic rings. The molecule has 0 aliphatic carbocycles. The second kappa shape index (κ2) is 7.98. The molecular formula is C16H20FN5O5. The highest BCUT2D eigenvalue weighted by molar-refractivity contribution is 6.35. The third-order valence-corrected chi connectivity index (χ3v) is 4.02. The largest absolute Gasteiger partial charge is 0.393 e. The number of nitro benzene ring substituents is 1. The first-order valence-corrected chi connectivity index (χ1v) is 8.24. The molecule has 0 atom stereocenters. The van der Waals surface area contributed by atoms with Gasteiger partial charge in [-0.2, -0.15) is 0 Å². The van der Waals surface area contributed by atoms with E-state index in [1.807, 2.05) is 0 Å². The standard InChI is InChI=1S/C16H20FN5O5/c1-9(2)19-14(23)16(25)21-5-3-20(4-6-21)15(24)11-7-10(17)8-12(13(11)18)22(26)27/h7-9H,3-6,18H2,1-2H3,(H,19,23). The quantitative estimate of drug-likeness (QED) is 0.330. The van der Waals surface area contributed by atoms with Gasteiger partial charge in [-0.25, -0.2) is 4.39 Å². The number of nitro groups is 1. The molecule has 0 radical (unpaired) electrons. The summed E-state index contributed by atoms with van der Waals surface area (Å²) in [4.78, 5) is 49.1. The fourth-order valence-electron chi connectivity index (χ4n) is 2.68. The lowest BCUT2D eigenvalue weighted by Crippen LogP contribution is -2.54. The van der Waals surface area contributed by atoms with Gasteiger partial charge in [-0.05, 0) is 19.9 Å². The first-order valence-electron chi connectivity index (χ1n) is 8.24. The van der Waals surface area contributed by atoms with Crippen LogP contribution < -0.4 is 11.1 Å². The molecule has 1 saturated heterocycles. The van der Waals surface area contributed by atoms with Crippen LogP contribution in [0, 0.1) is 15.9 Å². The first-order chi connectivity index (χ1) is 12.6. The zero-order chi connectivity index (χ0) is 20.3. The van der Waals surface area contributed by atoms with Crippen molar-refractivity contribution in [3.05, 3.63) is 33.6 Å². The Morgan fingerprint density at radius 3 is 2.26 bits per heavy atom. The smallest absolute Gasteiger partial charge is 0.312 e. The van der Waals surface area contributed by atoms with Gasteiger partial charge in [0, 0.05) is 32.2 Å². The van der Waals surface area contributed by atoms with Gasteiger partial charge in [0.15, 0.2) is 0 Å². The number of carbonyl (C=O) groups is 3. The summed E-state index contributed by atoms with van der Waals surface area (Å²) < 4.78 is 13.6. The predicted octanol–water partition coefficient (Wildman–Crippen LogP) is 0.125. The van der Waals surface area contributed by atoms with E-state index in [-0.39, 0.29) is 37.8 Å². The monoisotopic (exact) mass is 381 g/mol. The lowest BCUT2D eigenvalue weighted by Gasteiger charge is -2.34. The number of hydrogen-bond donors (Lipinski definition) is 2. The Labute approximate surface area is 154 Å². The highest BCUT2D eigenvalue weighted by atomic mass is 19.1. The second-order valence-corrected chi connectivity index (χ2v) is 6.36. The Bertz CT molecular complexity index is 790. The van der Waals surface area contributed by atoms with Gasteiger partial charge in [0.05, 0.1) is 16.6 Å². The number of nitrogens with one attached hydrogen (secondary N) is 1. The average Bonchev–Trinajstić information content (AvgIpc) is 2.61. The molecule has 0 spiro atoms. The van der Waals surface area contributed by atoms with Crippen molar-refractivity contribution in [3.8, 4) is 0 Å². The second-order valence-electron chi connectivity index (χ2n) is 6.36. The van der Waals surface area contributed by atoms with Crippen LogP contribution in [0.4, 0.5) is 15.8 Å². The van der Waals surface area contributed by atoms with E-state index in [1.54, 1.807) is 13.8 Å². The molecule has 1 aromatic rings. The Morgan fingerprint density at radius 1 is 1.19 bits per heavy atom. The van der Waals surface area contributed by atoms with Gasteiger partial charge >= 0.3 is 11.8 Å². The summed E-state index contributed by atoms with van der Waals surface area (Å²) in [6.45, 7) is 3.84. The van der Waals surface area contributed by atoms with Crippen molar-refractivity contribution in [2.75, 3.05) is 31.9 Å². The summed E-state index contributed by atoms with van der Waals surface area (Å²) in [6, 6.07) is 1.31. The molecule has 0 bridgehead atoms. The highest BCUT2D eigenvalue weighted by Crippen LogP contribution is 2.28. The van der Waals surface area contributed by atoms with Crippen molar-refractivity contribution in [1.82, 2.24) is 15.1 Å². The van der Waals surface area contributed by atoms with Crippen LogP contribution in [-0.4, -0.2) is 64.7 Å². The third-order valence-electron chi connectivity index (χ3n) is 4.02. The van der Waals surface area contributed by atoms with E-state index in [1.165, 1.54) is 9.80 Å². The van der Waals surface area contributed by atoms with Gasteiger partial charge < -0.3 is 20.9 Å². The number of nitrogen functional groups attached to an aromatic ring is 1. The van der Waals surface area contributed by atoms with Crippen molar-refractivity contribution >= 4 is 29.1 Å². The normalized spacial score (nSPS) is 14.2. The minimum atomic E-state index is -0.946. The Morgan fingerprint density at radius 2 is 1.74 bits per heavy atom. The number of anilines is 1. The zero-order valence-electron chi connectivity index (χ0n) is 14.9. The van der Waals surface area contributed by atoms with Gasteiger partial charge in [-0.1, -0.05) is 0 Å². The van der Waals surface area contributed by atoms with E-state index in [0.29, 0.717) is 6.07 Å². The van der Waals surface area contributed by atoms with E-state index in [9.17, 15) is 28.9 Å². The molecule has 0 aromatic heterocycles. The van der Waals surface area contributed by atoms with Gasteiger partial charge in [-0.15, -0.1) is 0 Å². The number of rotatable bonds is 3. The molecule has 0 unspecified atom stereocenters. The molecule has 146 valence electrons. The summed E-state index contributed by atoms with van der Waals surface area (Å²) in [7, 11) is 0. The van der Waals surface area contributed by atoms with Crippen molar-refractivity contribution in [3.63, 3.8) is 0 Å². The number of piperazine rings is 1. The zero-order valence-corrected chi connectivity index (χ0v) is 14.9. The lowest BCUT2D eigenvalue weighted by molar-refractivity contribution is -0.384. The van der Waals surface area contributed by atoms with Crippen molar-refractivity contribution in [2.45, 2.75) is 19.9 Å². The molecule has 1 aromatic carbocycles. The van der Waals surface area contributed by atoms with Crippen molar-refractivity contribution < 1.29 is 23.7 Å². The van der Waals surface area contributed by atoms with E-state index < -0.39 is 39.8 Å². The van der Waals surface area contributed by atoms with Crippen molar-refractivity contribution in [2.24, 2.45) is 0 Å².